The smallest absolute Gasteiger partial charge is 0.306 e. The highest BCUT2D eigenvalue weighted by Gasteiger charge is 1.90. The van der Waals surface area contributed by atoms with Crippen molar-refractivity contribution in [3.8, 4) is 0 Å². The van der Waals surface area contributed by atoms with Crippen molar-refractivity contribution in [3.63, 3.8) is 0 Å². The zero-order chi connectivity index (χ0) is 6.69. The van der Waals surface area contributed by atoms with E-state index in [1.54, 1.807) is 18.3 Å². The van der Waals surface area contributed by atoms with Crippen molar-refractivity contribution in [2.24, 2.45) is 0 Å². The molecule has 0 atom stereocenters. The van der Waals surface area contributed by atoms with Gasteiger partial charge in [0.2, 0.25) is 0 Å². The van der Waals surface area contributed by atoms with E-state index in [2.05, 4.69) is 4.98 Å². The van der Waals surface area contributed by atoms with Gasteiger partial charge in [-0.05, 0) is 11.5 Å². The van der Waals surface area contributed by atoms with Crippen LogP contribution >= 0.6 is 0 Å². The summed E-state index contributed by atoms with van der Waals surface area (Å²) in [5.41, 5.74) is 6.07. The Bertz CT molecular complexity index is 187. The molecular formula is C5H7BN2O. The summed E-state index contributed by atoms with van der Waals surface area (Å²) in [5.74, 6) is 0.479. The van der Waals surface area contributed by atoms with Gasteiger partial charge in [-0.25, -0.2) is 4.98 Å². The van der Waals surface area contributed by atoms with Gasteiger partial charge in [0.1, 0.15) is 5.82 Å². The zero-order valence-corrected chi connectivity index (χ0v) is 4.91. The highest BCUT2D eigenvalue weighted by molar-refractivity contribution is 6.45. The molecule has 0 amide bonds. The molecule has 0 aromatic carbocycles. The molecule has 1 aromatic heterocycles. The first-order valence-electron chi connectivity index (χ1n) is 2.64. The Morgan fingerprint density at radius 3 is 2.78 bits per heavy atom. The largest absolute Gasteiger partial charge is 0.449 e. The minimum Gasteiger partial charge on any atom is -0.449 e. The number of aromatic nitrogens is 1. The lowest BCUT2D eigenvalue weighted by atomic mass is 9.91. The Balaban J connectivity index is 2.88. The lowest BCUT2D eigenvalue weighted by molar-refractivity contribution is 0.615. The predicted octanol–water partition coefficient (Wildman–Crippen LogP) is -1.37. The summed E-state index contributed by atoms with van der Waals surface area (Å²) in [6.45, 7) is 0. The summed E-state index contributed by atoms with van der Waals surface area (Å²) in [6.07, 6.45) is 1.55. The van der Waals surface area contributed by atoms with Crippen LogP contribution in [0.3, 0.4) is 0 Å². The van der Waals surface area contributed by atoms with Gasteiger partial charge in [0.25, 0.3) is 0 Å². The van der Waals surface area contributed by atoms with Crippen molar-refractivity contribution in [1.29, 1.82) is 0 Å². The van der Waals surface area contributed by atoms with Crippen LogP contribution in [0.5, 0.6) is 0 Å². The molecule has 3 N–H and O–H groups in total. The molecule has 3 nitrogen and oxygen atoms in total. The molecule has 1 rings (SSSR count). The van der Waals surface area contributed by atoms with Crippen LogP contribution in [-0.2, 0) is 0 Å². The predicted molar refractivity (Wildman–Crippen MR) is 37.7 cm³/mol. The van der Waals surface area contributed by atoms with Crippen LogP contribution < -0.4 is 11.2 Å². The van der Waals surface area contributed by atoms with Crippen LogP contribution in [0.2, 0.25) is 0 Å². The summed E-state index contributed by atoms with van der Waals surface area (Å²) in [4.78, 5) is 3.77. The summed E-state index contributed by atoms with van der Waals surface area (Å²) >= 11 is 0. The van der Waals surface area contributed by atoms with Crippen LogP contribution in [0.15, 0.2) is 18.3 Å². The van der Waals surface area contributed by atoms with Gasteiger partial charge in [0.15, 0.2) is 0 Å². The second kappa shape index (κ2) is 2.50. The van der Waals surface area contributed by atoms with Crippen LogP contribution in [-0.4, -0.2) is 17.5 Å². The van der Waals surface area contributed by atoms with E-state index in [1.807, 2.05) is 0 Å². The van der Waals surface area contributed by atoms with Crippen molar-refractivity contribution >= 4 is 18.8 Å². The molecule has 0 radical (unpaired) electrons. The lowest BCUT2D eigenvalue weighted by Crippen LogP contribution is -2.13. The maximum absolute atomic E-state index is 8.55. The summed E-state index contributed by atoms with van der Waals surface area (Å²) in [5, 5.41) is 8.55. The molecule has 46 valence electrons. The molecule has 9 heavy (non-hydrogen) atoms. The molecule has 1 heterocycles. The standard InChI is InChI=1S/C5H7BN2O/c7-5-2-1-4(6-9)3-8-5/h1-3,6,9H,(H2,7,8). The summed E-state index contributed by atoms with van der Waals surface area (Å²) in [6, 6.07) is 3.40. The lowest BCUT2D eigenvalue weighted by Gasteiger charge is -1.91. The fourth-order valence-corrected chi connectivity index (χ4v) is 0.529. The molecular weight excluding hydrogens is 115 g/mol. The van der Waals surface area contributed by atoms with Gasteiger partial charge in [-0.1, -0.05) is 6.07 Å². The Morgan fingerprint density at radius 2 is 2.33 bits per heavy atom. The minimum atomic E-state index is 0.0211. The van der Waals surface area contributed by atoms with E-state index in [0.717, 1.165) is 5.46 Å². The van der Waals surface area contributed by atoms with Gasteiger partial charge in [-0.15, -0.1) is 0 Å². The summed E-state index contributed by atoms with van der Waals surface area (Å²) < 4.78 is 0. The van der Waals surface area contributed by atoms with E-state index in [0.29, 0.717) is 5.82 Å². The topological polar surface area (TPSA) is 59.1 Å². The van der Waals surface area contributed by atoms with Gasteiger partial charge in [0, 0.05) is 6.20 Å². The molecule has 0 saturated heterocycles. The average molecular weight is 122 g/mol. The van der Waals surface area contributed by atoms with Crippen molar-refractivity contribution in [3.05, 3.63) is 18.3 Å². The Kier molecular flexibility index (Phi) is 1.70. The van der Waals surface area contributed by atoms with E-state index in [1.165, 1.54) is 0 Å². The van der Waals surface area contributed by atoms with Crippen LogP contribution in [0.4, 0.5) is 5.82 Å². The Morgan fingerprint density at radius 1 is 1.56 bits per heavy atom. The molecule has 0 aliphatic heterocycles. The maximum atomic E-state index is 8.55. The molecule has 4 heteroatoms. The number of nitrogens with two attached hydrogens (primary N) is 1. The number of hydrogen-bond acceptors (Lipinski definition) is 3. The van der Waals surface area contributed by atoms with Crippen molar-refractivity contribution in [1.82, 2.24) is 4.98 Å². The van der Waals surface area contributed by atoms with Gasteiger partial charge in [0.05, 0.1) is 0 Å². The number of hydrogen-bond donors (Lipinski definition) is 2. The summed E-state index contributed by atoms with van der Waals surface area (Å²) in [7, 11) is 0.0211. The fourth-order valence-electron chi connectivity index (χ4n) is 0.529. The molecule has 0 aliphatic rings. The average Bonchev–Trinajstić information content (AvgIpc) is 1.90. The van der Waals surface area contributed by atoms with E-state index in [4.69, 9.17) is 10.8 Å². The number of nitrogens with zero attached hydrogens (tertiary/aromatic N) is 1. The zero-order valence-electron chi connectivity index (χ0n) is 4.91. The van der Waals surface area contributed by atoms with Crippen LogP contribution in [0.1, 0.15) is 0 Å². The molecule has 0 fully saturated rings. The first-order valence-corrected chi connectivity index (χ1v) is 2.64. The monoisotopic (exact) mass is 122 g/mol. The molecule has 0 unspecified atom stereocenters. The van der Waals surface area contributed by atoms with Gasteiger partial charge < -0.3 is 10.8 Å². The van der Waals surface area contributed by atoms with Crippen molar-refractivity contribution in [2.45, 2.75) is 0 Å². The number of rotatable bonds is 1. The molecule has 0 bridgehead atoms. The molecule has 0 saturated carbocycles. The highest BCUT2D eigenvalue weighted by atomic mass is 16.2. The molecule has 0 spiro atoms. The maximum Gasteiger partial charge on any atom is 0.306 e. The number of anilines is 1. The van der Waals surface area contributed by atoms with Gasteiger partial charge in [-0.2, -0.15) is 0 Å². The number of nitrogen functional groups attached to an aromatic ring is 1. The third-order valence-electron chi connectivity index (χ3n) is 1.03. The quantitative estimate of drug-likeness (QED) is 0.452. The number of pyridine rings is 1. The first-order chi connectivity index (χ1) is 4.33. The second-order valence-electron chi connectivity index (χ2n) is 1.75. The fraction of sp³-hybridized carbons (Fsp3) is 0. The Labute approximate surface area is 53.8 Å². The second-order valence-corrected chi connectivity index (χ2v) is 1.75. The normalized spacial score (nSPS) is 9.00. The SMILES string of the molecule is Nc1ccc(BO)cn1. The first kappa shape index (κ1) is 6.10. The van der Waals surface area contributed by atoms with E-state index in [-0.39, 0.29) is 7.48 Å². The van der Waals surface area contributed by atoms with Crippen LogP contribution in [0.25, 0.3) is 0 Å². The third-order valence-corrected chi connectivity index (χ3v) is 1.03. The van der Waals surface area contributed by atoms with Gasteiger partial charge in [-0.3, -0.25) is 0 Å². The van der Waals surface area contributed by atoms with E-state index >= 15 is 0 Å². The third kappa shape index (κ3) is 1.43. The van der Waals surface area contributed by atoms with Crippen molar-refractivity contribution < 1.29 is 5.02 Å². The van der Waals surface area contributed by atoms with E-state index in [9.17, 15) is 0 Å². The van der Waals surface area contributed by atoms with Gasteiger partial charge >= 0.3 is 7.48 Å². The molecule has 0 aliphatic carbocycles. The molecule has 1 aromatic rings. The highest BCUT2D eigenvalue weighted by Crippen LogP contribution is 1.88. The minimum absolute atomic E-state index is 0.0211. The van der Waals surface area contributed by atoms with Crippen LogP contribution in [0, 0.1) is 0 Å². The van der Waals surface area contributed by atoms with Crippen molar-refractivity contribution in [2.75, 3.05) is 5.73 Å². The Hall–Kier alpha value is -1.03. The van der Waals surface area contributed by atoms with E-state index < -0.39 is 0 Å².